The number of alkyl carbamates (subject to hydrolysis) is 1. The lowest BCUT2D eigenvalue weighted by molar-refractivity contribution is -0.139. The molecule has 7 nitrogen and oxygen atoms in total. The normalized spacial score (nSPS) is 19.9. The van der Waals surface area contributed by atoms with Crippen LogP contribution in [0.1, 0.15) is 57.1 Å². The third-order valence-corrected chi connectivity index (χ3v) is 6.78. The van der Waals surface area contributed by atoms with Crippen LogP contribution in [0.4, 0.5) is 4.79 Å². The van der Waals surface area contributed by atoms with E-state index >= 15 is 0 Å². The molecule has 0 saturated heterocycles. The molecule has 2 aliphatic carbocycles. The molecule has 0 radical (unpaired) electrons. The highest BCUT2D eigenvalue weighted by molar-refractivity contribution is 5.87. The van der Waals surface area contributed by atoms with Crippen molar-refractivity contribution in [2.75, 3.05) is 6.61 Å². The van der Waals surface area contributed by atoms with Gasteiger partial charge in [-0.25, -0.2) is 4.79 Å². The molecule has 0 heterocycles. The highest BCUT2D eigenvalue weighted by Crippen LogP contribution is 2.44. The first-order valence-electron chi connectivity index (χ1n) is 11.8. The first kappa shape index (κ1) is 23.8. The molecule has 180 valence electrons. The summed E-state index contributed by atoms with van der Waals surface area (Å²) in [5, 5.41) is 14.6. The van der Waals surface area contributed by atoms with Gasteiger partial charge in [0.15, 0.2) is 0 Å². The number of carboxylic acid groups (broad SMARTS) is 1. The Morgan fingerprint density at radius 1 is 1.00 bits per heavy atom. The lowest BCUT2D eigenvalue weighted by Crippen LogP contribution is -2.57. The van der Waals surface area contributed by atoms with Gasteiger partial charge in [-0.05, 0) is 46.4 Å². The number of carboxylic acids is 1. The highest BCUT2D eigenvalue weighted by atomic mass is 16.5. The Balaban J connectivity index is 1.36. The third-order valence-electron chi connectivity index (χ3n) is 6.78. The summed E-state index contributed by atoms with van der Waals surface area (Å²) in [5.74, 6) is -1.06. The monoisotopic (exact) mass is 464 g/mol. The summed E-state index contributed by atoms with van der Waals surface area (Å²) in [6.07, 6.45) is 0.765. The van der Waals surface area contributed by atoms with Crippen LogP contribution in [-0.2, 0) is 14.3 Å². The minimum atomic E-state index is -0.820. The Labute approximate surface area is 199 Å². The topological polar surface area (TPSA) is 105 Å². The van der Waals surface area contributed by atoms with E-state index in [1.54, 1.807) is 0 Å². The molecule has 1 atom stereocenters. The summed E-state index contributed by atoms with van der Waals surface area (Å²) in [6, 6.07) is 15.4. The van der Waals surface area contributed by atoms with E-state index in [0.717, 1.165) is 22.3 Å². The van der Waals surface area contributed by atoms with Gasteiger partial charge in [-0.15, -0.1) is 0 Å². The minimum absolute atomic E-state index is 0.0544. The summed E-state index contributed by atoms with van der Waals surface area (Å²) in [5.41, 5.74) is 4.03. The van der Waals surface area contributed by atoms with Crippen LogP contribution in [0.15, 0.2) is 48.5 Å². The standard InChI is InChI=1S/C27H32N2O5/c1-27(2,3)24(25(32)28-17-12-16(13-17)14-23(30)31)29-26(33)34-15-22-20-10-6-4-8-18(20)19-9-5-7-11-21(19)22/h4-11,16-17,22,24H,12-15H2,1-3H3,(H,28,32)(H,29,33)(H,30,31). The quantitative estimate of drug-likeness (QED) is 0.566. The second-order valence-electron chi connectivity index (χ2n) is 10.4. The van der Waals surface area contributed by atoms with Crippen LogP contribution in [-0.4, -0.2) is 41.8 Å². The number of carbonyl (C=O) groups is 3. The molecule has 2 aliphatic rings. The van der Waals surface area contributed by atoms with Gasteiger partial charge in [0, 0.05) is 18.4 Å². The Hall–Kier alpha value is -3.35. The number of rotatable bonds is 7. The maximum Gasteiger partial charge on any atom is 0.407 e. The van der Waals surface area contributed by atoms with E-state index in [4.69, 9.17) is 9.84 Å². The number of aliphatic carboxylic acids is 1. The van der Waals surface area contributed by atoms with E-state index in [1.807, 2.05) is 45.0 Å². The van der Waals surface area contributed by atoms with E-state index in [0.29, 0.717) is 12.8 Å². The van der Waals surface area contributed by atoms with Crippen LogP contribution in [0.3, 0.4) is 0 Å². The van der Waals surface area contributed by atoms with Crippen molar-refractivity contribution in [1.82, 2.24) is 10.6 Å². The van der Waals surface area contributed by atoms with Gasteiger partial charge in [0.2, 0.25) is 5.91 Å². The lowest BCUT2D eigenvalue weighted by Gasteiger charge is -2.38. The summed E-state index contributed by atoms with van der Waals surface area (Å²) in [6.45, 7) is 5.83. The molecule has 2 aromatic rings. The first-order chi connectivity index (χ1) is 16.1. The number of benzene rings is 2. The summed E-state index contributed by atoms with van der Waals surface area (Å²) in [4.78, 5) is 36.5. The fourth-order valence-electron chi connectivity index (χ4n) is 4.98. The Bertz CT molecular complexity index is 1040. The van der Waals surface area contributed by atoms with Crippen molar-refractivity contribution in [3.63, 3.8) is 0 Å². The van der Waals surface area contributed by atoms with Crippen LogP contribution in [0.25, 0.3) is 11.1 Å². The van der Waals surface area contributed by atoms with Crippen LogP contribution in [0, 0.1) is 11.3 Å². The number of hydrogen-bond acceptors (Lipinski definition) is 4. The second-order valence-corrected chi connectivity index (χ2v) is 10.4. The fourth-order valence-corrected chi connectivity index (χ4v) is 4.98. The molecule has 0 spiro atoms. The smallest absolute Gasteiger partial charge is 0.407 e. The van der Waals surface area contributed by atoms with Gasteiger partial charge < -0.3 is 20.5 Å². The molecule has 0 bridgehead atoms. The number of fused-ring (bicyclic) bond motifs is 3. The summed E-state index contributed by atoms with van der Waals surface area (Å²) < 4.78 is 5.63. The van der Waals surface area contributed by atoms with E-state index in [-0.39, 0.29) is 36.8 Å². The van der Waals surface area contributed by atoms with Gasteiger partial charge in [0.25, 0.3) is 0 Å². The zero-order valence-corrected chi connectivity index (χ0v) is 19.8. The number of carbonyl (C=O) groups excluding carboxylic acids is 2. The van der Waals surface area contributed by atoms with E-state index in [9.17, 15) is 14.4 Å². The van der Waals surface area contributed by atoms with Crippen LogP contribution < -0.4 is 10.6 Å². The number of nitrogens with one attached hydrogen (secondary N) is 2. The van der Waals surface area contributed by atoms with Crippen molar-refractivity contribution in [3.05, 3.63) is 59.7 Å². The van der Waals surface area contributed by atoms with Crippen LogP contribution in [0.2, 0.25) is 0 Å². The van der Waals surface area contributed by atoms with Gasteiger partial charge in [-0.3, -0.25) is 9.59 Å². The fraction of sp³-hybridized carbons (Fsp3) is 0.444. The number of hydrogen-bond donors (Lipinski definition) is 3. The maximum atomic E-state index is 12.9. The molecule has 1 fully saturated rings. The Morgan fingerprint density at radius 2 is 1.56 bits per heavy atom. The van der Waals surface area contributed by atoms with Gasteiger partial charge >= 0.3 is 12.1 Å². The van der Waals surface area contributed by atoms with Gasteiger partial charge in [0.05, 0.1) is 0 Å². The predicted octanol–water partition coefficient (Wildman–Crippen LogP) is 4.31. The predicted molar refractivity (Wildman–Crippen MR) is 128 cm³/mol. The summed E-state index contributed by atoms with van der Waals surface area (Å²) >= 11 is 0. The molecule has 2 aromatic carbocycles. The molecule has 34 heavy (non-hydrogen) atoms. The second kappa shape index (κ2) is 9.49. The molecule has 2 amide bonds. The third kappa shape index (κ3) is 5.08. The maximum absolute atomic E-state index is 12.9. The molecule has 7 heteroatoms. The highest BCUT2D eigenvalue weighted by Gasteiger charge is 2.38. The van der Waals surface area contributed by atoms with E-state index in [2.05, 4.69) is 34.9 Å². The van der Waals surface area contributed by atoms with Crippen molar-refractivity contribution in [1.29, 1.82) is 0 Å². The lowest BCUT2D eigenvalue weighted by atomic mass is 9.77. The molecule has 0 aromatic heterocycles. The number of ether oxygens (including phenoxy) is 1. The van der Waals surface area contributed by atoms with Crippen molar-refractivity contribution in [2.24, 2.45) is 11.3 Å². The molecule has 1 unspecified atom stereocenters. The zero-order chi connectivity index (χ0) is 24.5. The average Bonchev–Trinajstić information content (AvgIpc) is 3.07. The number of amides is 2. The van der Waals surface area contributed by atoms with Gasteiger partial charge in [-0.1, -0.05) is 69.3 Å². The van der Waals surface area contributed by atoms with Gasteiger partial charge in [0.1, 0.15) is 12.6 Å². The molecule has 4 rings (SSSR count). The molecule has 3 N–H and O–H groups in total. The molecule has 1 saturated carbocycles. The SMILES string of the molecule is CC(C)(C)C(NC(=O)OCC1c2ccccc2-c2ccccc21)C(=O)NC1CC(CC(=O)O)C1. The van der Waals surface area contributed by atoms with E-state index < -0.39 is 23.5 Å². The van der Waals surface area contributed by atoms with Crippen molar-refractivity contribution >= 4 is 18.0 Å². The minimum Gasteiger partial charge on any atom is -0.481 e. The largest absolute Gasteiger partial charge is 0.481 e. The Morgan fingerprint density at radius 3 is 2.09 bits per heavy atom. The molecular weight excluding hydrogens is 432 g/mol. The van der Waals surface area contributed by atoms with Crippen molar-refractivity contribution in [2.45, 2.75) is 58.0 Å². The molecular formula is C27H32N2O5. The summed E-state index contributed by atoms with van der Waals surface area (Å²) in [7, 11) is 0. The van der Waals surface area contributed by atoms with E-state index in [1.165, 1.54) is 0 Å². The molecule has 0 aliphatic heterocycles. The van der Waals surface area contributed by atoms with Crippen molar-refractivity contribution < 1.29 is 24.2 Å². The van der Waals surface area contributed by atoms with Crippen molar-refractivity contribution in [3.8, 4) is 11.1 Å². The average molecular weight is 465 g/mol. The van der Waals surface area contributed by atoms with Gasteiger partial charge in [-0.2, -0.15) is 0 Å². The zero-order valence-electron chi connectivity index (χ0n) is 19.8. The first-order valence-corrected chi connectivity index (χ1v) is 11.8. The van der Waals surface area contributed by atoms with Crippen LogP contribution in [0.5, 0.6) is 0 Å². The Kier molecular flexibility index (Phi) is 6.64. The van der Waals surface area contributed by atoms with Crippen LogP contribution >= 0.6 is 0 Å².